The van der Waals surface area contributed by atoms with Crippen LogP contribution in [-0.2, 0) is 13.0 Å². The Kier molecular flexibility index (Phi) is 4.82. The van der Waals surface area contributed by atoms with Gasteiger partial charge in [-0.05, 0) is 23.5 Å². The van der Waals surface area contributed by atoms with Gasteiger partial charge in [-0.2, -0.15) is 0 Å². The summed E-state index contributed by atoms with van der Waals surface area (Å²) in [7, 11) is 0. The molecule has 0 saturated carbocycles. The van der Waals surface area contributed by atoms with Crippen LogP contribution in [0.25, 0.3) is 0 Å². The van der Waals surface area contributed by atoms with Crippen LogP contribution in [0.5, 0.6) is 0 Å². The number of benzene rings is 1. The van der Waals surface area contributed by atoms with Gasteiger partial charge in [-0.25, -0.2) is 4.98 Å². The first-order valence-corrected chi connectivity index (χ1v) is 6.77. The van der Waals surface area contributed by atoms with Gasteiger partial charge in [-0.3, -0.25) is 9.78 Å². The van der Waals surface area contributed by atoms with Gasteiger partial charge in [0.2, 0.25) is 0 Å². The zero-order valence-electron chi connectivity index (χ0n) is 11.8. The zero-order valence-corrected chi connectivity index (χ0v) is 11.8. The van der Waals surface area contributed by atoms with Gasteiger partial charge in [0, 0.05) is 18.9 Å². The molecule has 20 heavy (non-hydrogen) atoms. The van der Waals surface area contributed by atoms with E-state index in [2.05, 4.69) is 53.4 Å². The van der Waals surface area contributed by atoms with Crippen LogP contribution in [0.3, 0.4) is 0 Å². The molecule has 0 atom stereocenters. The lowest BCUT2D eigenvalue weighted by atomic mass is 10.0. The van der Waals surface area contributed by atoms with Crippen LogP contribution >= 0.6 is 0 Å². The molecule has 4 nitrogen and oxygen atoms in total. The SMILES string of the molecule is CC(C)Cc1ccc(CNC(=O)c2cnccn2)cc1. The summed E-state index contributed by atoms with van der Waals surface area (Å²) in [5.74, 6) is 0.446. The van der Waals surface area contributed by atoms with E-state index >= 15 is 0 Å². The molecule has 0 fully saturated rings. The molecule has 1 aromatic carbocycles. The molecule has 1 aromatic heterocycles. The van der Waals surface area contributed by atoms with Gasteiger partial charge < -0.3 is 5.32 Å². The van der Waals surface area contributed by atoms with E-state index in [1.807, 2.05) is 0 Å². The summed E-state index contributed by atoms with van der Waals surface area (Å²) in [5.41, 5.74) is 2.74. The van der Waals surface area contributed by atoms with E-state index in [4.69, 9.17) is 0 Å². The lowest BCUT2D eigenvalue weighted by molar-refractivity contribution is 0.0945. The van der Waals surface area contributed by atoms with Crippen LogP contribution in [0, 0.1) is 5.92 Å². The molecule has 2 aromatic rings. The summed E-state index contributed by atoms with van der Waals surface area (Å²) in [4.78, 5) is 19.7. The Morgan fingerprint density at radius 3 is 2.45 bits per heavy atom. The van der Waals surface area contributed by atoms with Gasteiger partial charge in [0.05, 0.1) is 6.20 Å². The average Bonchev–Trinajstić information content (AvgIpc) is 2.46. The molecule has 0 bridgehead atoms. The highest BCUT2D eigenvalue weighted by molar-refractivity contribution is 5.91. The third-order valence-electron chi connectivity index (χ3n) is 2.92. The highest BCUT2D eigenvalue weighted by Gasteiger charge is 2.06. The molecule has 0 aliphatic rings. The minimum atomic E-state index is -0.204. The average molecular weight is 269 g/mol. The highest BCUT2D eigenvalue weighted by atomic mass is 16.1. The molecule has 1 amide bonds. The van der Waals surface area contributed by atoms with E-state index in [0.717, 1.165) is 12.0 Å². The van der Waals surface area contributed by atoms with E-state index in [1.165, 1.54) is 18.0 Å². The molecule has 4 heteroatoms. The molecule has 0 unspecified atom stereocenters. The third-order valence-corrected chi connectivity index (χ3v) is 2.92. The van der Waals surface area contributed by atoms with Crippen LogP contribution in [0.1, 0.15) is 35.5 Å². The third kappa shape index (κ3) is 4.16. The topological polar surface area (TPSA) is 54.9 Å². The standard InChI is InChI=1S/C16H19N3O/c1-12(2)9-13-3-5-14(6-4-13)10-19-16(20)15-11-17-7-8-18-15/h3-8,11-12H,9-10H2,1-2H3,(H,19,20). The van der Waals surface area contributed by atoms with Crippen molar-refractivity contribution in [3.63, 3.8) is 0 Å². The van der Waals surface area contributed by atoms with Gasteiger partial charge in [0.15, 0.2) is 0 Å². The van der Waals surface area contributed by atoms with E-state index < -0.39 is 0 Å². The van der Waals surface area contributed by atoms with Crippen molar-refractivity contribution in [1.82, 2.24) is 15.3 Å². The molecule has 0 spiro atoms. The fourth-order valence-electron chi connectivity index (χ4n) is 1.95. The Morgan fingerprint density at radius 2 is 1.85 bits per heavy atom. The Labute approximate surface area is 119 Å². The first-order chi connectivity index (χ1) is 9.65. The molecular weight excluding hydrogens is 250 g/mol. The summed E-state index contributed by atoms with van der Waals surface area (Å²) in [6.45, 7) is 4.90. The maximum atomic E-state index is 11.8. The number of carbonyl (C=O) groups is 1. The molecule has 0 radical (unpaired) electrons. The summed E-state index contributed by atoms with van der Waals surface area (Å²) in [5, 5.41) is 2.83. The second-order valence-corrected chi connectivity index (χ2v) is 5.19. The molecule has 1 heterocycles. The summed E-state index contributed by atoms with van der Waals surface area (Å²) in [6, 6.07) is 8.33. The maximum Gasteiger partial charge on any atom is 0.271 e. The summed E-state index contributed by atoms with van der Waals surface area (Å²) in [6.07, 6.45) is 5.59. The van der Waals surface area contributed by atoms with E-state index in [1.54, 1.807) is 6.20 Å². The fourth-order valence-corrected chi connectivity index (χ4v) is 1.95. The first kappa shape index (κ1) is 14.2. The Balaban J connectivity index is 1.89. The largest absolute Gasteiger partial charge is 0.347 e. The maximum absolute atomic E-state index is 11.8. The lowest BCUT2D eigenvalue weighted by Crippen LogP contribution is -2.23. The molecule has 0 aliphatic heterocycles. The van der Waals surface area contributed by atoms with Gasteiger partial charge in [0.25, 0.3) is 5.91 Å². The monoisotopic (exact) mass is 269 g/mol. The van der Waals surface area contributed by atoms with Crippen LogP contribution in [0.2, 0.25) is 0 Å². The Morgan fingerprint density at radius 1 is 1.15 bits per heavy atom. The second kappa shape index (κ2) is 6.80. The van der Waals surface area contributed by atoms with Crippen molar-refractivity contribution in [3.05, 3.63) is 59.7 Å². The van der Waals surface area contributed by atoms with Crippen LogP contribution in [0.4, 0.5) is 0 Å². The predicted octanol–water partition coefficient (Wildman–Crippen LogP) is 2.61. The van der Waals surface area contributed by atoms with Gasteiger partial charge >= 0.3 is 0 Å². The molecule has 1 N–H and O–H groups in total. The minimum Gasteiger partial charge on any atom is -0.347 e. The molecular formula is C16H19N3O. The van der Waals surface area contributed by atoms with E-state index in [-0.39, 0.29) is 5.91 Å². The smallest absolute Gasteiger partial charge is 0.271 e. The zero-order chi connectivity index (χ0) is 14.4. The number of rotatable bonds is 5. The predicted molar refractivity (Wildman–Crippen MR) is 78.2 cm³/mol. The van der Waals surface area contributed by atoms with Crippen molar-refractivity contribution in [1.29, 1.82) is 0 Å². The fraction of sp³-hybridized carbons (Fsp3) is 0.312. The van der Waals surface area contributed by atoms with Gasteiger partial charge in [0.1, 0.15) is 5.69 Å². The number of amides is 1. The van der Waals surface area contributed by atoms with Crippen molar-refractivity contribution in [2.24, 2.45) is 5.92 Å². The van der Waals surface area contributed by atoms with Gasteiger partial charge in [-0.15, -0.1) is 0 Å². The van der Waals surface area contributed by atoms with E-state index in [9.17, 15) is 4.79 Å². The number of carbonyl (C=O) groups excluding carboxylic acids is 1. The summed E-state index contributed by atoms with van der Waals surface area (Å²) >= 11 is 0. The van der Waals surface area contributed by atoms with E-state index in [0.29, 0.717) is 18.2 Å². The lowest BCUT2D eigenvalue weighted by Gasteiger charge is -2.07. The molecule has 0 aliphatic carbocycles. The minimum absolute atomic E-state index is 0.204. The first-order valence-electron chi connectivity index (χ1n) is 6.77. The van der Waals surface area contributed by atoms with Crippen molar-refractivity contribution in [3.8, 4) is 0 Å². The van der Waals surface area contributed by atoms with Crippen molar-refractivity contribution < 1.29 is 4.79 Å². The molecule has 0 saturated heterocycles. The van der Waals surface area contributed by atoms with Crippen LogP contribution in [-0.4, -0.2) is 15.9 Å². The molecule has 2 rings (SSSR count). The highest BCUT2D eigenvalue weighted by Crippen LogP contribution is 2.09. The van der Waals surface area contributed by atoms with Crippen molar-refractivity contribution in [2.45, 2.75) is 26.8 Å². The normalized spacial score (nSPS) is 10.6. The van der Waals surface area contributed by atoms with Gasteiger partial charge in [-0.1, -0.05) is 38.1 Å². The quantitative estimate of drug-likeness (QED) is 0.907. The summed E-state index contributed by atoms with van der Waals surface area (Å²) < 4.78 is 0. The number of nitrogens with one attached hydrogen (secondary N) is 1. The number of aromatic nitrogens is 2. The van der Waals surface area contributed by atoms with Crippen molar-refractivity contribution in [2.75, 3.05) is 0 Å². The second-order valence-electron chi connectivity index (χ2n) is 5.19. The Hall–Kier alpha value is -2.23. The van der Waals surface area contributed by atoms with Crippen molar-refractivity contribution >= 4 is 5.91 Å². The number of hydrogen-bond acceptors (Lipinski definition) is 3. The van der Waals surface area contributed by atoms with Crippen LogP contribution < -0.4 is 5.32 Å². The van der Waals surface area contributed by atoms with Crippen LogP contribution in [0.15, 0.2) is 42.9 Å². The number of nitrogens with zero attached hydrogens (tertiary/aromatic N) is 2. The molecule has 104 valence electrons. The Bertz CT molecular complexity index is 550. The number of hydrogen-bond donors (Lipinski definition) is 1.